The van der Waals surface area contributed by atoms with Gasteiger partial charge in [-0.05, 0) is 18.1 Å². The van der Waals surface area contributed by atoms with Gasteiger partial charge in [0.2, 0.25) is 11.0 Å². The Morgan fingerprint density at radius 2 is 1.75 bits per heavy atom. The Hall–Kier alpha value is -3.14. The lowest BCUT2D eigenvalue weighted by molar-refractivity contribution is -0.168. The number of nitrogens with zero attached hydrogens (tertiary/aromatic N) is 3. The maximum absolute atomic E-state index is 12.1. The predicted molar refractivity (Wildman–Crippen MR) is 99.3 cm³/mol. The van der Waals surface area contributed by atoms with E-state index in [0.717, 1.165) is 11.4 Å². The van der Waals surface area contributed by atoms with Crippen molar-refractivity contribution >= 4 is 40.2 Å². The van der Waals surface area contributed by atoms with Crippen LogP contribution in [-0.4, -0.2) is 39.0 Å². The molecule has 0 fully saturated rings. The molecule has 0 bridgehead atoms. The van der Waals surface area contributed by atoms with E-state index in [1.807, 2.05) is 0 Å². The molecular formula is C18H18N4O5S. The summed E-state index contributed by atoms with van der Waals surface area (Å²) < 4.78 is 0. The van der Waals surface area contributed by atoms with Gasteiger partial charge in [-0.15, -0.1) is 10.2 Å². The Balaban J connectivity index is 1.48. The first-order valence-electron chi connectivity index (χ1n) is 8.66. The molecule has 2 aromatic rings. The largest absolute Gasteiger partial charge is 0.333 e. The third-order valence-corrected chi connectivity index (χ3v) is 4.66. The number of hydrogen-bond acceptors (Lipinski definition) is 8. The summed E-state index contributed by atoms with van der Waals surface area (Å²) in [6, 6.07) is 6.18. The van der Waals surface area contributed by atoms with Gasteiger partial charge in [-0.3, -0.25) is 14.4 Å². The number of hydroxylamine groups is 2. The molecule has 3 amide bonds. The lowest BCUT2D eigenvalue weighted by Crippen LogP contribution is -2.32. The van der Waals surface area contributed by atoms with Crippen LogP contribution in [0.2, 0.25) is 0 Å². The number of aromatic nitrogens is 2. The molecule has 0 spiro atoms. The number of amides is 3. The molecule has 1 aliphatic rings. The molecule has 1 aromatic heterocycles. The van der Waals surface area contributed by atoms with E-state index in [0.29, 0.717) is 16.1 Å². The fourth-order valence-electron chi connectivity index (χ4n) is 2.53. The van der Waals surface area contributed by atoms with Gasteiger partial charge in [-0.2, -0.15) is 0 Å². The second-order valence-corrected chi connectivity index (χ2v) is 7.62. The minimum Gasteiger partial charge on any atom is -0.330 e. The normalized spacial score (nSPS) is 13.0. The van der Waals surface area contributed by atoms with Crippen molar-refractivity contribution in [3.05, 3.63) is 40.4 Å². The second kappa shape index (κ2) is 8.26. The van der Waals surface area contributed by atoms with E-state index >= 15 is 0 Å². The van der Waals surface area contributed by atoms with Crippen LogP contribution in [0.25, 0.3) is 0 Å². The van der Waals surface area contributed by atoms with Crippen molar-refractivity contribution in [2.75, 3.05) is 5.32 Å². The smallest absolute Gasteiger partial charge is 0.330 e. The van der Waals surface area contributed by atoms with Crippen molar-refractivity contribution in [2.45, 2.75) is 33.1 Å². The molecule has 0 unspecified atom stereocenters. The minimum absolute atomic E-state index is 0.173. The Kier molecular flexibility index (Phi) is 5.78. The van der Waals surface area contributed by atoms with Gasteiger partial charge >= 0.3 is 5.97 Å². The van der Waals surface area contributed by atoms with Crippen molar-refractivity contribution in [2.24, 2.45) is 5.92 Å². The van der Waals surface area contributed by atoms with E-state index in [2.05, 4.69) is 29.4 Å². The summed E-state index contributed by atoms with van der Waals surface area (Å²) in [6.45, 7) is 4.11. The van der Waals surface area contributed by atoms with Gasteiger partial charge in [0.05, 0.1) is 17.5 Å². The quantitative estimate of drug-likeness (QED) is 0.705. The van der Waals surface area contributed by atoms with Crippen LogP contribution < -0.4 is 5.32 Å². The van der Waals surface area contributed by atoms with E-state index in [1.165, 1.54) is 23.5 Å². The zero-order chi connectivity index (χ0) is 20.3. The molecule has 0 aliphatic carbocycles. The average molecular weight is 402 g/mol. The summed E-state index contributed by atoms with van der Waals surface area (Å²) in [5, 5.41) is 12.0. The highest BCUT2D eigenvalue weighted by Crippen LogP contribution is 2.23. The molecule has 28 heavy (non-hydrogen) atoms. The highest BCUT2D eigenvalue weighted by molar-refractivity contribution is 7.15. The molecular weight excluding hydrogens is 384 g/mol. The van der Waals surface area contributed by atoms with Gasteiger partial charge in [0, 0.05) is 12.8 Å². The monoisotopic (exact) mass is 402 g/mol. The van der Waals surface area contributed by atoms with Crippen LogP contribution in [0.5, 0.6) is 0 Å². The minimum atomic E-state index is -0.859. The topological polar surface area (TPSA) is 119 Å². The molecule has 10 heteroatoms. The summed E-state index contributed by atoms with van der Waals surface area (Å²) in [4.78, 5) is 53.0. The third kappa shape index (κ3) is 4.39. The maximum atomic E-state index is 12.1. The van der Waals surface area contributed by atoms with Crippen LogP contribution >= 0.6 is 11.3 Å². The van der Waals surface area contributed by atoms with Gasteiger partial charge < -0.3 is 10.2 Å². The molecule has 1 aliphatic heterocycles. The van der Waals surface area contributed by atoms with Crippen molar-refractivity contribution in [1.29, 1.82) is 0 Å². The number of fused-ring (bicyclic) bond motifs is 1. The van der Waals surface area contributed by atoms with E-state index < -0.39 is 23.7 Å². The highest BCUT2D eigenvalue weighted by atomic mass is 32.1. The SMILES string of the molecule is CC(C)Cc1nnc(NC(=O)CCC(=O)ON2C(=O)c3ccccc3C2=O)s1. The molecule has 0 atom stereocenters. The lowest BCUT2D eigenvalue weighted by atomic mass is 10.1. The van der Waals surface area contributed by atoms with Gasteiger partial charge in [0.15, 0.2) is 0 Å². The first-order valence-corrected chi connectivity index (χ1v) is 9.47. The van der Waals surface area contributed by atoms with Gasteiger partial charge in [0.25, 0.3) is 11.8 Å². The fourth-order valence-corrected chi connectivity index (χ4v) is 3.50. The lowest BCUT2D eigenvalue weighted by Gasteiger charge is -2.12. The zero-order valence-electron chi connectivity index (χ0n) is 15.3. The molecule has 146 valence electrons. The van der Waals surface area contributed by atoms with Crippen LogP contribution in [0, 0.1) is 5.92 Å². The highest BCUT2D eigenvalue weighted by Gasteiger charge is 2.38. The number of nitrogens with one attached hydrogen (secondary N) is 1. The van der Waals surface area contributed by atoms with Gasteiger partial charge in [0.1, 0.15) is 5.01 Å². The number of carbonyl (C=O) groups is 4. The number of rotatable bonds is 7. The Morgan fingerprint density at radius 3 is 2.36 bits per heavy atom. The number of imide groups is 1. The van der Waals surface area contributed by atoms with Crippen molar-refractivity contribution in [1.82, 2.24) is 15.3 Å². The number of anilines is 1. The van der Waals surface area contributed by atoms with Crippen LogP contribution in [0.4, 0.5) is 5.13 Å². The summed E-state index contributed by atoms with van der Waals surface area (Å²) in [7, 11) is 0. The van der Waals surface area contributed by atoms with Crippen LogP contribution in [0.3, 0.4) is 0 Å². The summed E-state index contributed by atoms with van der Waals surface area (Å²) in [5.41, 5.74) is 0.345. The number of benzene rings is 1. The third-order valence-electron chi connectivity index (χ3n) is 3.80. The Bertz CT molecular complexity index is 905. The fraction of sp³-hybridized carbons (Fsp3) is 0.333. The first kappa shape index (κ1) is 19.6. The molecule has 2 heterocycles. The Morgan fingerprint density at radius 1 is 1.11 bits per heavy atom. The molecule has 9 nitrogen and oxygen atoms in total. The first-order chi connectivity index (χ1) is 13.3. The van der Waals surface area contributed by atoms with Gasteiger partial charge in [-0.1, -0.05) is 42.4 Å². The summed E-state index contributed by atoms with van der Waals surface area (Å²) in [6.07, 6.45) is 0.290. The molecule has 1 N–H and O–H groups in total. The van der Waals surface area contributed by atoms with E-state index in [4.69, 9.17) is 4.84 Å². The molecule has 0 radical (unpaired) electrons. The van der Waals surface area contributed by atoms with E-state index in [-0.39, 0.29) is 24.0 Å². The van der Waals surface area contributed by atoms with Gasteiger partial charge in [-0.25, -0.2) is 4.79 Å². The number of carbonyl (C=O) groups excluding carboxylic acids is 4. The van der Waals surface area contributed by atoms with Crippen LogP contribution in [-0.2, 0) is 20.8 Å². The van der Waals surface area contributed by atoms with Crippen LogP contribution in [0.1, 0.15) is 52.4 Å². The molecule has 1 aromatic carbocycles. The molecule has 0 saturated carbocycles. The predicted octanol–water partition coefficient (Wildman–Crippen LogP) is 2.21. The Labute approximate surface area is 164 Å². The van der Waals surface area contributed by atoms with E-state index in [1.54, 1.807) is 12.1 Å². The molecule has 0 saturated heterocycles. The van der Waals surface area contributed by atoms with Crippen molar-refractivity contribution < 1.29 is 24.0 Å². The maximum Gasteiger partial charge on any atom is 0.333 e. The average Bonchev–Trinajstić information content (AvgIpc) is 3.18. The molecule has 3 rings (SSSR count). The van der Waals surface area contributed by atoms with Crippen LogP contribution in [0.15, 0.2) is 24.3 Å². The summed E-state index contributed by atoms with van der Waals surface area (Å²) in [5.74, 6) is -2.28. The standard InChI is InChI=1S/C18H18N4O5S/c1-10(2)9-14-20-21-18(28-14)19-13(23)7-8-15(24)27-22-16(25)11-5-3-4-6-12(11)17(22)26/h3-6,10H,7-9H2,1-2H3,(H,19,21,23). The number of hydrogen-bond donors (Lipinski definition) is 1. The van der Waals surface area contributed by atoms with E-state index in [9.17, 15) is 19.2 Å². The van der Waals surface area contributed by atoms with Crippen molar-refractivity contribution in [3.8, 4) is 0 Å². The second-order valence-electron chi connectivity index (χ2n) is 6.56. The van der Waals surface area contributed by atoms with Crippen molar-refractivity contribution in [3.63, 3.8) is 0 Å². The zero-order valence-corrected chi connectivity index (χ0v) is 16.1. The summed E-state index contributed by atoms with van der Waals surface area (Å²) >= 11 is 1.28.